The standard InChI is InChI=1S/C11H18N4O3/c1-4-11(2,9(16)17)14-10(18)12-7-8-5-6-13-15(8)3/h5-6H,4,7H2,1-3H3,(H,16,17)(H2,12,14,18). The summed E-state index contributed by atoms with van der Waals surface area (Å²) in [7, 11) is 1.77. The van der Waals surface area contributed by atoms with Gasteiger partial charge in [0.1, 0.15) is 5.54 Å². The van der Waals surface area contributed by atoms with E-state index in [1.807, 2.05) is 0 Å². The molecule has 0 bridgehead atoms. The van der Waals surface area contributed by atoms with Crippen LogP contribution in [-0.2, 0) is 18.4 Å². The first-order valence-electron chi connectivity index (χ1n) is 5.65. The smallest absolute Gasteiger partial charge is 0.329 e. The second-order valence-corrected chi connectivity index (χ2v) is 4.24. The largest absolute Gasteiger partial charge is 0.480 e. The normalized spacial score (nSPS) is 13.7. The van der Waals surface area contributed by atoms with Crippen molar-refractivity contribution in [2.75, 3.05) is 0 Å². The van der Waals surface area contributed by atoms with Gasteiger partial charge in [0.25, 0.3) is 0 Å². The summed E-state index contributed by atoms with van der Waals surface area (Å²) in [5.41, 5.74) is -0.421. The van der Waals surface area contributed by atoms with Gasteiger partial charge >= 0.3 is 12.0 Å². The van der Waals surface area contributed by atoms with Gasteiger partial charge in [-0.2, -0.15) is 5.10 Å². The molecule has 0 aliphatic carbocycles. The number of rotatable bonds is 5. The van der Waals surface area contributed by atoms with Crippen molar-refractivity contribution in [1.82, 2.24) is 20.4 Å². The lowest BCUT2D eigenvalue weighted by atomic mass is 10.00. The van der Waals surface area contributed by atoms with Crippen molar-refractivity contribution in [1.29, 1.82) is 0 Å². The van der Waals surface area contributed by atoms with Gasteiger partial charge < -0.3 is 15.7 Å². The van der Waals surface area contributed by atoms with Crippen LogP contribution >= 0.6 is 0 Å². The third kappa shape index (κ3) is 3.22. The topological polar surface area (TPSA) is 96.3 Å². The van der Waals surface area contributed by atoms with E-state index in [-0.39, 0.29) is 0 Å². The lowest BCUT2D eigenvalue weighted by Gasteiger charge is -2.24. The van der Waals surface area contributed by atoms with E-state index in [9.17, 15) is 9.59 Å². The van der Waals surface area contributed by atoms with Gasteiger partial charge in [-0.1, -0.05) is 6.92 Å². The van der Waals surface area contributed by atoms with Crippen LogP contribution < -0.4 is 10.6 Å². The highest BCUT2D eigenvalue weighted by Gasteiger charge is 2.32. The number of aryl methyl sites for hydroxylation is 1. The van der Waals surface area contributed by atoms with Crippen molar-refractivity contribution in [2.45, 2.75) is 32.4 Å². The van der Waals surface area contributed by atoms with Gasteiger partial charge in [-0.25, -0.2) is 9.59 Å². The fourth-order valence-corrected chi connectivity index (χ4v) is 1.33. The molecule has 0 saturated carbocycles. The number of hydrogen-bond donors (Lipinski definition) is 3. The molecule has 100 valence electrons. The summed E-state index contributed by atoms with van der Waals surface area (Å²) >= 11 is 0. The van der Waals surface area contributed by atoms with Crippen LogP contribution in [0.25, 0.3) is 0 Å². The molecule has 1 unspecified atom stereocenters. The number of nitrogens with zero attached hydrogens (tertiary/aromatic N) is 2. The molecule has 2 amide bonds. The zero-order valence-electron chi connectivity index (χ0n) is 10.7. The highest BCUT2D eigenvalue weighted by molar-refractivity contribution is 5.85. The monoisotopic (exact) mass is 254 g/mol. The molecule has 1 heterocycles. The number of urea groups is 1. The average molecular weight is 254 g/mol. The molecule has 0 spiro atoms. The minimum absolute atomic E-state index is 0.293. The fraction of sp³-hybridized carbons (Fsp3) is 0.545. The van der Waals surface area contributed by atoms with Gasteiger partial charge in [0.2, 0.25) is 0 Å². The summed E-state index contributed by atoms with van der Waals surface area (Å²) in [5, 5.41) is 18.0. The molecular formula is C11H18N4O3. The Labute approximate surface area is 105 Å². The lowest BCUT2D eigenvalue weighted by Crippen LogP contribution is -2.54. The molecule has 7 heteroatoms. The lowest BCUT2D eigenvalue weighted by molar-refractivity contribution is -0.143. The highest BCUT2D eigenvalue weighted by atomic mass is 16.4. The summed E-state index contributed by atoms with van der Waals surface area (Å²) in [6.07, 6.45) is 1.93. The first kappa shape index (κ1) is 14.0. The Hall–Kier alpha value is -2.05. The van der Waals surface area contributed by atoms with Crippen molar-refractivity contribution in [3.05, 3.63) is 18.0 Å². The van der Waals surface area contributed by atoms with E-state index in [0.29, 0.717) is 13.0 Å². The molecule has 1 rings (SSSR count). The minimum atomic E-state index is -1.25. The van der Waals surface area contributed by atoms with E-state index in [1.54, 1.807) is 30.9 Å². The minimum Gasteiger partial charge on any atom is -0.480 e. The number of aromatic nitrogens is 2. The quantitative estimate of drug-likeness (QED) is 0.711. The maximum atomic E-state index is 11.6. The highest BCUT2D eigenvalue weighted by Crippen LogP contribution is 2.08. The molecular weight excluding hydrogens is 236 g/mol. The Kier molecular flexibility index (Phi) is 4.30. The van der Waals surface area contributed by atoms with Crippen LogP contribution in [0.2, 0.25) is 0 Å². The van der Waals surface area contributed by atoms with Gasteiger partial charge in [0, 0.05) is 13.2 Å². The summed E-state index contributed by atoms with van der Waals surface area (Å²) in [5.74, 6) is -1.05. The zero-order chi connectivity index (χ0) is 13.8. The summed E-state index contributed by atoms with van der Waals surface area (Å²) in [6, 6.07) is 1.26. The molecule has 3 N–H and O–H groups in total. The Morgan fingerprint density at radius 2 is 2.22 bits per heavy atom. The molecule has 18 heavy (non-hydrogen) atoms. The average Bonchev–Trinajstić information content (AvgIpc) is 2.72. The van der Waals surface area contributed by atoms with Gasteiger partial charge in [-0.3, -0.25) is 4.68 Å². The van der Waals surface area contributed by atoms with Crippen molar-refractivity contribution in [3.63, 3.8) is 0 Å². The summed E-state index contributed by atoms with van der Waals surface area (Å²) in [4.78, 5) is 22.6. The van der Waals surface area contributed by atoms with Crippen LogP contribution in [0.15, 0.2) is 12.3 Å². The molecule has 1 aromatic rings. The number of carboxylic acids is 1. The van der Waals surface area contributed by atoms with E-state index in [1.165, 1.54) is 6.92 Å². The maximum Gasteiger partial charge on any atom is 0.329 e. The SMILES string of the molecule is CCC(C)(NC(=O)NCc1ccnn1C)C(=O)O. The number of carbonyl (C=O) groups excluding carboxylic acids is 1. The summed E-state index contributed by atoms with van der Waals surface area (Å²) in [6.45, 7) is 3.47. The van der Waals surface area contributed by atoms with E-state index >= 15 is 0 Å². The molecule has 0 aliphatic rings. The van der Waals surface area contributed by atoms with Crippen LogP contribution in [0.4, 0.5) is 4.79 Å². The Bertz CT molecular complexity index is 443. The van der Waals surface area contributed by atoms with Crippen molar-refractivity contribution in [3.8, 4) is 0 Å². The van der Waals surface area contributed by atoms with Gasteiger partial charge in [0.15, 0.2) is 0 Å². The predicted molar refractivity (Wildman–Crippen MR) is 64.9 cm³/mol. The molecule has 7 nitrogen and oxygen atoms in total. The van der Waals surface area contributed by atoms with Crippen molar-refractivity contribution >= 4 is 12.0 Å². The molecule has 0 fully saturated rings. The van der Waals surface area contributed by atoms with Crippen LogP contribution in [0.1, 0.15) is 26.0 Å². The number of hydrogen-bond acceptors (Lipinski definition) is 3. The summed E-state index contributed by atoms with van der Waals surface area (Å²) < 4.78 is 1.64. The number of nitrogens with one attached hydrogen (secondary N) is 2. The van der Waals surface area contributed by atoms with E-state index in [0.717, 1.165) is 5.69 Å². The van der Waals surface area contributed by atoms with E-state index in [4.69, 9.17) is 5.11 Å². The fourth-order valence-electron chi connectivity index (χ4n) is 1.33. The third-order valence-electron chi connectivity index (χ3n) is 2.92. The van der Waals surface area contributed by atoms with Gasteiger partial charge in [0.05, 0.1) is 12.2 Å². The maximum absolute atomic E-state index is 11.6. The number of amides is 2. The van der Waals surface area contributed by atoms with Gasteiger partial charge in [-0.05, 0) is 19.4 Å². The number of aliphatic carboxylic acids is 1. The van der Waals surface area contributed by atoms with E-state index < -0.39 is 17.5 Å². The van der Waals surface area contributed by atoms with Gasteiger partial charge in [-0.15, -0.1) is 0 Å². The Morgan fingerprint density at radius 3 is 2.67 bits per heavy atom. The Balaban J connectivity index is 2.52. The first-order chi connectivity index (χ1) is 8.39. The Morgan fingerprint density at radius 1 is 1.56 bits per heavy atom. The number of carbonyl (C=O) groups is 2. The van der Waals surface area contributed by atoms with E-state index in [2.05, 4.69) is 15.7 Å². The van der Waals surface area contributed by atoms with Crippen LogP contribution in [0, 0.1) is 0 Å². The predicted octanol–water partition coefficient (Wildman–Crippen LogP) is 0.473. The zero-order valence-corrected chi connectivity index (χ0v) is 10.7. The second kappa shape index (κ2) is 5.52. The molecule has 0 saturated heterocycles. The second-order valence-electron chi connectivity index (χ2n) is 4.24. The van der Waals surface area contributed by atoms with Crippen molar-refractivity contribution in [2.24, 2.45) is 7.05 Å². The van der Waals surface area contributed by atoms with Crippen LogP contribution in [0.3, 0.4) is 0 Å². The molecule has 0 aromatic carbocycles. The van der Waals surface area contributed by atoms with Crippen LogP contribution in [0.5, 0.6) is 0 Å². The number of carboxylic acid groups (broad SMARTS) is 1. The van der Waals surface area contributed by atoms with Crippen molar-refractivity contribution < 1.29 is 14.7 Å². The third-order valence-corrected chi connectivity index (χ3v) is 2.92. The first-order valence-corrected chi connectivity index (χ1v) is 5.65. The molecule has 0 radical (unpaired) electrons. The molecule has 0 aliphatic heterocycles. The van der Waals surface area contributed by atoms with Crippen LogP contribution in [-0.4, -0.2) is 32.4 Å². The molecule has 1 atom stereocenters. The molecule has 1 aromatic heterocycles.